The summed E-state index contributed by atoms with van der Waals surface area (Å²) in [6.07, 6.45) is 1.71. The Morgan fingerprint density at radius 2 is 1.92 bits per heavy atom. The summed E-state index contributed by atoms with van der Waals surface area (Å²) >= 11 is 5.24. The highest BCUT2D eigenvalue weighted by atomic mass is 32.1. The predicted molar refractivity (Wildman–Crippen MR) is 98.8 cm³/mol. The van der Waals surface area contributed by atoms with Crippen LogP contribution in [0.1, 0.15) is 11.3 Å². The van der Waals surface area contributed by atoms with Gasteiger partial charge in [0.25, 0.3) is 0 Å². The molecule has 0 radical (unpaired) electrons. The molecule has 0 aliphatic carbocycles. The molecule has 7 heteroatoms. The van der Waals surface area contributed by atoms with E-state index in [2.05, 4.69) is 20.3 Å². The lowest BCUT2D eigenvalue weighted by molar-refractivity contribution is 0.628. The van der Waals surface area contributed by atoms with Crippen molar-refractivity contribution in [3.63, 3.8) is 0 Å². The van der Waals surface area contributed by atoms with Crippen molar-refractivity contribution in [3.8, 4) is 11.4 Å². The number of halogens is 1. The molecule has 2 aromatic heterocycles. The van der Waals surface area contributed by atoms with Gasteiger partial charge in [0, 0.05) is 22.2 Å². The first kappa shape index (κ1) is 15.5. The summed E-state index contributed by atoms with van der Waals surface area (Å²) in [7, 11) is 0. The maximum atomic E-state index is 14.1. The normalized spacial score (nSPS) is 11.6. The van der Waals surface area contributed by atoms with Gasteiger partial charge in [0.1, 0.15) is 5.82 Å². The van der Waals surface area contributed by atoms with Crippen LogP contribution in [0.2, 0.25) is 0 Å². The van der Waals surface area contributed by atoms with Gasteiger partial charge in [-0.25, -0.2) is 9.49 Å². The van der Waals surface area contributed by atoms with Crippen LogP contribution in [0.25, 0.3) is 22.3 Å². The maximum absolute atomic E-state index is 14.1. The van der Waals surface area contributed by atoms with E-state index in [0.29, 0.717) is 16.2 Å². The van der Waals surface area contributed by atoms with Crippen molar-refractivity contribution in [2.45, 2.75) is 6.92 Å². The molecule has 0 aliphatic rings. The molecule has 2 aromatic carbocycles. The summed E-state index contributed by atoms with van der Waals surface area (Å²) < 4.78 is 15.8. The van der Waals surface area contributed by atoms with Gasteiger partial charge in [-0.3, -0.25) is 0 Å². The predicted octanol–water partition coefficient (Wildman–Crippen LogP) is 4.42. The molecule has 0 saturated carbocycles. The lowest BCUT2D eigenvalue weighted by atomic mass is 10.1. The Kier molecular flexibility index (Phi) is 3.77. The summed E-state index contributed by atoms with van der Waals surface area (Å²) in [4.78, 5) is 3.32. The van der Waals surface area contributed by atoms with Crippen molar-refractivity contribution in [1.29, 1.82) is 0 Å². The van der Waals surface area contributed by atoms with Crippen molar-refractivity contribution >= 4 is 29.3 Å². The number of fused-ring (bicyclic) bond motifs is 1. The van der Waals surface area contributed by atoms with E-state index in [1.54, 1.807) is 24.4 Å². The molecule has 0 aliphatic heterocycles. The third kappa shape index (κ3) is 2.68. The van der Waals surface area contributed by atoms with Crippen LogP contribution < -0.4 is 0 Å². The average molecular weight is 351 g/mol. The smallest absolute Gasteiger partial charge is 0.216 e. The molecule has 0 bridgehead atoms. The van der Waals surface area contributed by atoms with Crippen molar-refractivity contribution < 1.29 is 4.39 Å². The summed E-state index contributed by atoms with van der Waals surface area (Å²) in [5, 5.41) is 12.3. The Morgan fingerprint density at radius 3 is 2.76 bits per heavy atom. The van der Waals surface area contributed by atoms with Gasteiger partial charge in [-0.2, -0.15) is 14.9 Å². The Morgan fingerprint density at radius 1 is 1.16 bits per heavy atom. The highest BCUT2D eigenvalue weighted by Gasteiger charge is 2.13. The van der Waals surface area contributed by atoms with Crippen molar-refractivity contribution in [3.05, 3.63) is 70.4 Å². The van der Waals surface area contributed by atoms with Crippen LogP contribution in [-0.2, 0) is 0 Å². The first-order valence-electron chi connectivity index (χ1n) is 7.69. The molecule has 0 unspecified atom stereocenters. The Labute approximate surface area is 147 Å². The van der Waals surface area contributed by atoms with Crippen LogP contribution >= 0.6 is 12.2 Å². The Balaban J connectivity index is 1.83. The number of hydrogen-bond acceptors (Lipinski definition) is 3. The van der Waals surface area contributed by atoms with Crippen LogP contribution in [-0.4, -0.2) is 26.1 Å². The van der Waals surface area contributed by atoms with Gasteiger partial charge in [-0.05, 0) is 37.3 Å². The van der Waals surface area contributed by atoms with Crippen molar-refractivity contribution in [1.82, 2.24) is 19.9 Å². The van der Waals surface area contributed by atoms with Gasteiger partial charge >= 0.3 is 0 Å². The van der Waals surface area contributed by atoms with E-state index in [9.17, 15) is 4.39 Å². The minimum atomic E-state index is -0.378. The summed E-state index contributed by atoms with van der Waals surface area (Å²) in [6, 6.07) is 14.4. The lowest BCUT2D eigenvalue weighted by Gasteiger charge is -2.02. The summed E-state index contributed by atoms with van der Waals surface area (Å²) in [6.45, 7) is 1.98. The molecule has 5 nitrogen and oxygen atoms in total. The Bertz CT molecular complexity index is 1150. The number of rotatable bonds is 3. The number of nitrogens with zero attached hydrogens (tertiary/aromatic N) is 3. The second-order valence-electron chi connectivity index (χ2n) is 5.60. The molecule has 0 spiro atoms. The quantitative estimate of drug-likeness (QED) is 0.424. The highest BCUT2D eigenvalue weighted by Crippen LogP contribution is 2.22. The number of aryl methyl sites for hydroxylation is 1. The largest absolute Gasteiger partial charge is 0.358 e. The third-order valence-electron chi connectivity index (χ3n) is 4.01. The maximum Gasteiger partial charge on any atom is 0.216 e. The van der Waals surface area contributed by atoms with Crippen LogP contribution in [0.4, 0.5) is 4.39 Å². The molecule has 2 heterocycles. The number of H-pyrrole nitrogens is 2. The van der Waals surface area contributed by atoms with E-state index in [0.717, 1.165) is 22.2 Å². The van der Waals surface area contributed by atoms with Crippen LogP contribution in [0.15, 0.2) is 53.6 Å². The zero-order valence-electron chi connectivity index (χ0n) is 13.3. The topological polar surface area (TPSA) is 61.8 Å². The van der Waals surface area contributed by atoms with E-state index in [1.165, 1.54) is 10.7 Å². The fourth-order valence-corrected chi connectivity index (χ4v) is 2.98. The van der Waals surface area contributed by atoms with Gasteiger partial charge in [0.05, 0.1) is 11.8 Å². The van der Waals surface area contributed by atoms with Gasteiger partial charge in [0.2, 0.25) is 4.77 Å². The SMILES string of the molecule is Cc1[nH]c2ccccc2c1/C=N\n1c(-c2ccccc2F)n[nH]c1=S. The standard InChI is InChI=1S/C18H14FN5S/c1-11-14(12-6-3-5-9-16(12)21-11)10-20-24-17(22-23-18(24)25)13-7-2-4-8-15(13)19/h2-10,21H,1H3,(H,23,25)/b20-10-. The molecule has 0 atom stereocenters. The number of para-hydroxylation sites is 1. The van der Waals surface area contributed by atoms with E-state index in [4.69, 9.17) is 12.2 Å². The molecule has 4 rings (SSSR count). The zero-order valence-corrected chi connectivity index (χ0v) is 14.1. The fourth-order valence-electron chi connectivity index (χ4n) is 2.80. The Hall–Kier alpha value is -3.06. The van der Waals surface area contributed by atoms with Crippen LogP contribution in [0.5, 0.6) is 0 Å². The zero-order chi connectivity index (χ0) is 17.4. The minimum Gasteiger partial charge on any atom is -0.358 e. The molecule has 124 valence electrons. The average Bonchev–Trinajstić information content (AvgIpc) is 3.13. The minimum absolute atomic E-state index is 0.298. The van der Waals surface area contributed by atoms with Gasteiger partial charge in [-0.1, -0.05) is 30.3 Å². The van der Waals surface area contributed by atoms with Crippen LogP contribution in [0, 0.1) is 17.5 Å². The number of hydrogen-bond donors (Lipinski definition) is 2. The molecule has 2 N–H and O–H groups in total. The van der Waals surface area contributed by atoms with E-state index < -0.39 is 0 Å². The second kappa shape index (κ2) is 6.10. The number of benzene rings is 2. The van der Waals surface area contributed by atoms with E-state index >= 15 is 0 Å². The lowest BCUT2D eigenvalue weighted by Crippen LogP contribution is -1.97. The van der Waals surface area contributed by atoms with E-state index in [1.807, 2.05) is 31.2 Å². The van der Waals surface area contributed by atoms with Gasteiger partial charge in [-0.15, -0.1) is 0 Å². The van der Waals surface area contributed by atoms with Gasteiger partial charge in [0.15, 0.2) is 5.82 Å². The monoisotopic (exact) mass is 351 g/mol. The number of nitrogens with one attached hydrogen (secondary N) is 2. The van der Waals surface area contributed by atoms with Gasteiger partial charge < -0.3 is 4.98 Å². The molecule has 4 aromatic rings. The first-order chi connectivity index (χ1) is 12.1. The summed E-state index contributed by atoms with van der Waals surface area (Å²) in [5.41, 5.74) is 3.32. The molecule has 0 amide bonds. The molecule has 0 fully saturated rings. The van der Waals surface area contributed by atoms with Crippen molar-refractivity contribution in [2.24, 2.45) is 5.10 Å². The second-order valence-corrected chi connectivity index (χ2v) is 5.98. The molecule has 25 heavy (non-hydrogen) atoms. The molecule has 0 saturated heterocycles. The summed E-state index contributed by atoms with van der Waals surface area (Å²) in [5.74, 6) is -0.0481. The van der Waals surface area contributed by atoms with E-state index in [-0.39, 0.29) is 5.82 Å². The number of aromatic nitrogens is 4. The first-order valence-corrected chi connectivity index (χ1v) is 8.10. The fraction of sp³-hybridized carbons (Fsp3) is 0.0556. The third-order valence-corrected chi connectivity index (χ3v) is 4.28. The van der Waals surface area contributed by atoms with Crippen molar-refractivity contribution in [2.75, 3.05) is 0 Å². The van der Waals surface area contributed by atoms with Crippen LogP contribution in [0.3, 0.4) is 0 Å². The highest BCUT2D eigenvalue weighted by molar-refractivity contribution is 7.71. The number of aromatic amines is 2. The molecular formula is C18H14FN5S. The molecular weight excluding hydrogens is 337 g/mol.